The number of piperidine rings is 1. The zero-order valence-electron chi connectivity index (χ0n) is 17.2. The molecule has 0 aromatic carbocycles. The first-order chi connectivity index (χ1) is 11.3. The minimum Gasteiger partial charge on any atom is -0.444 e. The van der Waals surface area contributed by atoms with Gasteiger partial charge in [-0.1, -0.05) is 48.9 Å². The number of nitrogens with zero attached hydrogens (tertiary/aromatic N) is 1. The lowest BCUT2D eigenvalue weighted by atomic mass is 9.99. The van der Waals surface area contributed by atoms with Crippen molar-refractivity contribution in [2.24, 2.45) is 0 Å². The molecule has 0 aliphatic carbocycles. The minimum atomic E-state index is -1.91. The molecule has 1 fully saturated rings. The maximum Gasteiger partial charge on any atom is 0.410 e. The summed E-state index contributed by atoms with van der Waals surface area (Å²) in [5, 5.41) is 0.906. The molecule has 1 saturated heterocycles. The van der Waals surface area contributed by atoms with Crippen molar-refractivity contribution in [2.75, 3.05) is 11.9 Å². The lowest BCUT2D eigenvalue weighted by molar-refractivity contribution is -0.00851. The van der Waals surface area contributed by atoms with E-state index in [2.05, 4.69) is 61.9 Å². The first-order valence-corrected chi connectivity index (χ1v) is 13.2. The van der Waals surface area contributed by atoms with Crippen LogP contribution < -0.4 is 0 Å². The second-order valence-electron chi connectivity index (χ2n) is 9.31. The van der Waals surface area contributed by atoms with E-state index in [4.69, 9.17) is 9.16 Å². The number of halogens is 1. The zero-order valence-corrected chi connectivity index (χ0v) is 19.8. The molecule has 146 valence electrons. The van der Waals surface area contributed by atoms with Crippen molar-refractivity contribution < 1.29 is 14.0 Å². The molecule has 4 nitrogen and oxygen atoms in total. The van der Waals surface area contributed by atoms with Crippen molar-refractivity contribution in [3.05, 3.63) is 12.2 Å². The number of rotatable bonds is 4. The van der Waals surface area contributed by atoms with Crippen LogP contribution in [0.4, 0.5) is 4.79 Å². The van der Waals surface area contributed by atoms with Gasteiger partial charge in [0.25, 0.3) is 0 Å². The second kappa shape index (κ2) is 8.57. The highest BCUT2D eigenvalue weighted by molar-refractivity contribution is 9.09. The molecule has 25 heavy (non-hydrogen) atoms. The Morgan fingerprint density at radius 1 is 1.24 bits per heavy atom. The molecule has 0 N–H and O–H groups in total. The third-order valence-corrected chi connectivity index (χ3v) is 9.81. The van der Waals surface area contributed by atoms with Crippen LogP contribution in [0.5, 0.6) is 0 Å². The third-order valence-electron chi connectivity index (χ3n) is 4.93. The summed E-state index contributed by atoms with van der Waals surface area (Å²) in [6.07, 6.45) is 5.84. The molecule has 2 atom stereocenters. The van der Waals surface area contributed by atoms with Gasteiger partial charge in [0.15, 0.2) is 8.32 Å². The lowest BCUT2D eigenvalue weighted by Gasteiger charge is -2.46. The Balaban J connectivity index is 3.04. The number of carbonyl (C=O) groups is 1. The van der Waals surface area contributed by atoms with Crippen LogP contribution in [0, 0.1) is 0 Å². The standard InChI is InChI=1S/C19H36BrNO3Si/c1-18(2,3)23-17(22)21-14-10-12-16(15(21)11-9-13-20)24-25(7,8)19(4,5)6/h9,11,15-16H,10,12-14H2,1-8H3/b11-9+/t15-,16+/m1/s1. The van der Waals surface area contributed by atoms with Crippen LogP contribution >= 0.6 is 15.9 Å². The van der Waals surface area contributed by atoms with Crippen molar-refractivity contribution >= 4 is 30.3 Å². The highest BCUT2D eigenvalue weighted by Gasteiger charge is 2.43. The summed E-state index contributed by atoms with van der Waals surface area (Å²) in [5.41, 5.74) is -0.492. The fraction of sp³-hybridized carbons (Fsp3) is 0.842. The Bertz CT molecular complexity index is 480. The van der Waals surface area contributed by atoms with E-state index in [9.17, 15) is 4.79 Å². The van der Waals surface area contributed by atoms with Crippen molar-refractivity contribution in [2.45, 2.75) is 90.3 Å². The summed E-state index contributed by atoms with van der Waals surface area (Å²) >= 11 is 3.44. The highest BCUT2D eigenvalue weighted by Crippen LogP contribution is 2.39. The highest BCUT2D eigenvalue weighted by atomic mass is 79.9. The molecule has 0 aromatic heterocycles. The number of hydrogen-bond acceptors (Lipinski definition) is 3. The molecule has 0 saturated carbocycles. The predicted octanol–water partition coefficient (Wildman–Crippen LogP) is 5.73. The molecule has 1 rings (SSSR count). The van der Waals surface area contributed by atoms with E-state index in [1.165, 1.54) is 0 Å². The first kappa shape index (κ1) is 22.7. The molecule has 1 amide bonds. The number of carbonyl (C=O) groups excluding carboxylic acids is 1. The van der Waals surface area contributed by atoms with E-state index < -0.39 is 13.9 Å². The summed E-state index contributed by atoms with van der Waals surface area (Å²) < 4.78 is 12.3. The van der Waals surface area contributed by atoms with Gasteiger partial charge in [-0.3, -0.25) is 4.90 Å². The van der Waals surface area contributed by atoms with Gasteiger partial charge in [-0.2, -0.15) is 0 Å². The quantitative estimate of drug-likeness (QED) is 0.322. The van der Waals surface area contributed by atoms with E-state index in [0.717, 1.165) is 18.2 Å². The fourth-order valence-electron chi connectivity index (χ4n) is 2.62. The largest absolute Gasteiger partial charge is 0.444 e. The van der Waals surface area contributed by atoms with Gasteiger partial charge in [-0.15, -0.1) is 0 Å². The lowest BCUT2D eigenvalue weighted by Crippen LogP contribution is -2.56. The number of likely N-dealkylation sites (tertiary alicyclic amines) is 1. The molecule has 1 aliphatic rings. The van der Waals surface area contributed by atoms with Crippen LogP contribution in [0.2, 0.25) is 18.1 Å². The molecule has 0 aromatic rings. The first-order valence-electron chi connectivity index (χ1n) is 9.18. The third kappa shape index (κ3) is 6.72. The van der Waals surface area contributed by atoms with Crippen LogP contribution in [0.3, 0.4) is 0 Å². The Labute approximate surface area is 163 Å². The van der Waals surface area contributed by atoms with Crippen LogP contribution in [-0.4, -0.2) is 48.9 Å². The van der Waals surface area contributed by atoms with Crippen molar-refractivity contribution in [3.8, 4) is 0 Å². The molecule has 1 heterocycles. The second-order valence-corrected chi connectivity index (χ2v) is 14.7. The maximum atomic E-state index is 12.7. The van der Waals surface area contributed by atoms with Gasteiger partial charge in [0.1, 0.15) is 5.60 Å². The predicted molar refractivity (Wildman–Crippen MR) is 111 cm³/mol. The number of allylic oxidation sites excluding steroid dienone is 1. The normalized spacial score (nSPS) is 23.2. The Morgan fingerprint density at radius 3 is 2.32 bits per heavy atom. The van der Waals surface area contributed by atoms with E-state index >= 15 is 0 Å². The van der Waals surface area contributed by atoms with Crippen molar-refractivity contribution in [3.63, 3.8) is 0 Å². The van der Waals surface area contributed by atoms with Gasteiger partial charge in [0.2, 0.25) is 0 Å². The molecule has 1 aliphatic heterocycles. The molecule has 6 heteroatoms. The minimum absolute atomic E-state index is 0.0254. The summed E-state index contributed by atoms with van der Waals surface area (Å²) in [5.74, 6) is 0. The summed E-state index contributed by atoms with van der Waals surface area (Å²) in [6, 6.07) is -0.0738. The Hall–Kier alpha value is -0.333. The van der Waals surface area contributed by atoms with E-state index in [-0.39, 0.29) is 23.3 Å². The van der Waals surface area contributed by atoms with Gasteiger partial charge in [-0.05, 0) is 51.7 Å². The number of amides is 1. The van der Waals surface area contributed by atoms with E-state index in [0.29, 0.717) is 6.54 Å². The Kier molecular flexibility index (Phi) is 7.78. The van der Waals surface area contributed by atoms with Crippen LogP contribution in [0.15, 0.2) is 12.2 Å². The van der Waals surface area contributed by atoms with Gasteiger partial charge >= 0.3 is 6.09 Å². The van der Waals surface area contributed by atoms with E-state index in [1.807, 2.05) is 25.7 Å². The summed E-state index contributed by atoms with van der Waals surface area (Å²) in [4.78, 5) is 14.5. The summed E-state index contributed by atoms with van der Waals surface area (Å²) in [6.45, 7) is 17.7. The van der Waals surface area contributed by atoms with Crippen LogP contribution in [-0.2, 0) is 9.16 Å². The van der Waals surface area contributed by atoms with E-state index in [1.54, 1.807) is 0 Å². The number of hydrogen-bond donors (Lipinski definition) is 0. The fourth-order valence-corrected chi connectivity index (χ4v) is 4.20. The molecule has 0 spiro atoms. The number of alkyl halides is 1. The SMILES string of the molecule is CC(C)(C)OC(=O)N1CCC[C@H](O[Si](C)(C)C(C)(C)C)[C@H]1/C=C/CBr. The maximum absolute atomic E-state index is 12.7. The van der Waals surface area contributed by atoms with Gasteiger partial charge < -0.3 is 9.16 Å². The molecular weight excluding hydrogens is 398 g/mol. The molecule has 0 bridgehead atoms. The molecular formula is C19H36BrNO3Si. The monoisotopic (exact) mass is 433 g/mol. The summed E-state index contributed by atoms with van der Waals surface area (Å²) in [7, 11) is -1.91. The smallest absolute Gasteiger partial charge is 0.410 e. The van der Waals surface area contributed by atoms with Crippen LogP contribution in [0.25, 0.3) is 0 Å². The van der Waals surface area contributed by atoms with Crippen LogP contribution in [0.1, 0.15) is 54.4 Å². The van der Waals surface area contributed by atoms with Crippen molar-refractivity contribution in [1.29, 1.82) is 0 Å². The average molecular weight is 434 g/mol. The van der Waals surface area contributed by atoms with Gasteiger partial charge in [0.05, 0.1) is 12.1 Å². The van der Waals surface area contributed by atoms with Gasteiger partial charge in [0, 0.05) is 11.9 Å². The molecule has 0 radical (unpaired) electrons. The topological polar surface area (TPSA) is 38.8 Å². The van der Waals surface area contributed by atoms with Crippen molar-refractivity contribution in [1.82, 2.24) is 4.90 Å². The molecule has 0 unspecified atom stereocenters. The number of ether oxygens (including phenoxy) is 1. The van der Waals surface area contributed by atoms with Gasteiger partial charge in [-0.25, -0.2) is 4.79 Å². The Morgan fingerprint density at radius 2 is 1.84 bits per heavy atom. The average Bonchev–Trinajstić information content (AvgIpc) is 2.42. The zero-order chi connectivity index (χ0) is 19.5.